The van der Waals surface area contributed by atoms with Crippen molar-refractivity contribution in [3.63, 3.8) is 0 Å². The number of nitrogens with two attached hydrogens (primary N) is 1. The first-order chi connectivity index (χ1) is 10.1. The second kappa shape index (κ2) is 5.82. The summed E-state index contributed by atoms with van der Waals surface area (Å²) in [5.41, 5.74) is 8.46. The summed E-state index contributed by atoms with van der Waals surface area (Å²) in [5, 5.41) is 0. The molecule has 0 aromatic heterocycles. The molecule has 0 bridgehead atoms. The predicted octanol–water partition coefficient (Wildman–Crippen LogP) is 3.92. The fourth-order valence-corrected chi connectivity index (χ4v) is 2.86. The first kappa shape index (κ1) is 14.0. The molecule has 21 heavy (non-hydrogen) atoms. The molecule has 2 nitrogen and oxygen atoms in total. The molecule has 0 saturated heterocycles. The molecular formula is C17H16FNOS. The van der Waals surface area contributed by atoms with Crippen LogP contribution in [0, 0.1) is 5.82 Å². The Morgan fingerprint density at radius 2 is 2.05 bits per heavy atom. The molecule has 2 aromatic carbocycles. The average molecular weight is 301 g/mol. The van der Waals surface area contributed by atoms with E-state index < -0.39 is 5.82 Å². The van der Waals surface area contributed by atoms with Crippen molar-refractivity contribution >= 4 is 17.2 Å². The van der Waals surface area contributed by atoms with E-state index in [1.54, 1.807) is 12.1 Å². The summed E-state index contributed by atoms with van der Waals surface area (Å²) in [6, 6.07) is 12.8. The Morgan fingerprint density at radius 1 is 1.24 bits per heavy atom. The number of thiocarbonyl (C=S) groups is 1. The number of hydrogen-bond acceptors (Lipinski definition) is 2. The molecule has 3 rings (SSSR count). The summed E-state index contributed by atoms with van der Waals surface area (Å²) in [6.07, 6.45) is 2.90. The minimum absolute atomic E-state index is 0.0971. The third-order valence-corrected chi connectivity index (χ3v) is 4.04. The van der Waals surface area contributed by atoms with Gasteiger partial charge in [-0.05, 0) is 48.6 Å². The van der Waals surface area contributed by atoms with E-state index in [1.165, 1.54) is 11.6 Å². The number of rotatable bonds is 3. The molecular weight excluding hydrogens is 285 g/mol. The molecule has 0 heterocycles. The highest BCUT2D eigenvalue weighted by molar-refractivity contribution is 7.80. The number of fused-ring (bicyclic) bond motifs is 1. The van der Waals surface area contributed by atoms with Crippen molar-refractivity contribution in [2.75, 3.05) is 0 Å². The molecule has 0 fully saturated rings. The summed E-state index contributed by atoms with van der Waals surface area (Å²) in [5.74, 6) is -0.181. The summed E-state index contributed by atoms with van der Waals surface area (Å²) in [7, 11) is 0. The van der Waals surface area contributed by atoms with Gasteiger partial charge in [0.05, 0.1) is 0 Å². The maximum absolute atomic E-state index is 14.1. The fraction of sp³-hybridized carbons (Fsp3) is 0.235. The normalized spacial score (nSPS) is 17.1. The third kappa shape index (κ3) is 2.90. The Kier molecular flexibility index (Phi) is 3.88. The monoisotopic (exact) mass is 301 g/mol. The van der Waals surface area contributed by atoms with Crippen LogP contribution in [0.4, 0.5) is 4.39 Å². The van der Waals surface area contributed by atoms with E-state index in [0.717, 1.165) is 24.8 Å². The standard InChI is InChI=1S/C17H16FNOS/c18-14-10-12(17(19)21)8-9-16(14)20-15-7-3-5-11-4-1-2-6-13(11)15/h1-2,4,6,8-10,15H,3,5,7H2,(H2,19,21). The number of ether oxygens (including phenoxy) is 1. The highest BCUT2D eigenvalue weighted by atomic mass is 32.1. The Morgan fingerprint density at radius 3 is 2.81 bits per heavy atom. The van der Waals surface area contributed by atoms with Gasteiger partial charge in [-0.3, -0.25) is 0 Å². The van der Waals surface area contributed by atoms with Crippen LogP contribution in [0.5, 0.6) is 5.75 Å². The van der Waals surface area contributed by atoms with Crippen LogP contribution in [0.15, 0.2) is 42.5 Å². The largest absolute Gasteiger partial charge is 0.483 e. The first-order valence-electron chi connectivity index (χ1n) is 6.99. The smallest absolute Gasteiger partial charge is 0.165 e. The zero-order valence-corrected chi connectivity index (χ0v) is 12.3. The van der Waals surface area contributed by atoms with Gasteiger partial charge >= 0.3 is 0 Å². The van der Waals surface area contributed by atoms with E-state index >= 15 is 0 Å². The second-order valence-corrected chi connectivity index (χ2v) is 5.65. The predicted molar refractivity (Wildman–Crippen MR) is 85.0 cm³/mol. The van der Waals surface area contributed by atoms with Gasteiger partial charge in [-0.15, -0.1) is 0 Å². The van der Waals surface area contributed by atoms with Crippen LogP contribution >= 0.6 is 12.2 Å². The molecule has 0 saturated carbocycles. The molecule has 108 valence electrons. The molecule has 1 unspecified atom stereocenters. The van der Waals surface area contributed by atoms with Gasteiger partial charge in [0.15, 0.2) is 11.6 Å². The Balaban J connectivity index is 1.86. The van der Waals surface area contributed by atoms with Crippen LogP contribution in [0.2, 0.25) is 0 Å². The SMILES string of the molecule is NC(=S)c1ccc(OC2CCCc3ccccc32)c(F)c1. The molecule has 0 radical (unpaired) electrons. The van der Waals surface area contributed by atoms with Crippen LogP contribution in [-0.4, -0.2) is 4.99 Å². The van der Waals surface area contributed by atoms with Gasteiger partial charge in [0, 0.05) is 5.56 Å². The van der Waals surface area contributed by atoms with Gasteiger partial charge < -0.3 is 10.5 Å². The summed E-state index contributed by atoms with van der Waals surface area (Å²) < 4.78 is 20.0. The van der Waals surface area contributed by atoms with Gasteiger partial charge in [-0.1, -0.05) is 36.5 Å². The fourth-order valence-electron chi connectivity index (χ4n) is 2.73. The highest BCUT2D eigenvalue weighted by Gasteiger charge is 2.22. The second-order valence-electron chi connectivity index (χ2n) is 5.21. The maximum Gasteiger partial charge on any atom is 0.165 e. The first-order valence-corrected chi connectivity index (χ1v) is 7.40. The number of halogens is 1. The van der Waals surface area contributed by atoms with Gasteiger partial charge in [0.2, 0.25) is 0 Å². The molecule has 2 N–H and O–H groups in total. The summed E-state index contributed by atoms with van der Waals surface area (Å²) in [4.78, 5) is 0.184. The summed E-state index contributed by atoms with van der Waals surface area (Å²) in [6.45, 7) is 0. The van der Waals surface area contributed by atoms with Crippen LogP contribution in [-0.2, 0) is 6.42 Å². The zero-order chi connectivity index (χ0) is 14.8. The van der Waals surface area contributed by atoms with E-state index in [2.05, 4.69) is 12.1 Å². The van der Waals surface area contributed by atoms with Crippen molar-refractivity contribution in [2.45, 2.75) is 25.4 Å². The molecule has 1 aliphatic rings. The van der Waals surface area contributed by atoms with Crippen LogP contribution in [0.1, 0.15) is 35.6 Å². The highest BCUT2D eigenvalue weighted by Crippen LogP contribution is 2.34. The lowest BCUT2D eigenvalue weighted by atomic mass is 9.89. The number of aryl methyl sites for hydroxylation is 1. The molecule has 0 aliphatic heterocycles. The van der Waals surface area contributed by atoms with Crippen molar-refractivity contribution in [2.24, 2.45) is 5.73 Å². The average Bonchev–Trinajstić information content (AvgIpc) is 2.49. The van der Waals surface area contributed by atoms with Crippen LogP contribution in [0.3, 0.4) is 0 Å². The van der Waals surface area contributed by atoms with Crippen molar-refractivity contribution in [3.05, 3.63) is 65.0 Å². The lowest BCUT2D eigenvalue weighted by molar-refractivity contribution is 0.175. The lowest BCUT2D eigenvalue weighted by Crippen LogP contribution is -2.16. The van der Waals surface area contributed by atoms with E-state index in [4.69, 9.17) is 22.7 Å². The molecule has 1 atom stereocenters. The third-order valence-electron chi connectivity index (χ3n) is 3.80. The van der Waals surface area contributed by atoms with Gasteiger partial charge in [-0.2, -0.15) is 0 Å². The zero-order valence-electron chi connectivity index (χ0n) is 11.5. The topological polar surface area (TPSA) is 35.2 Å². The van der Waals surface area contributed by atoms with Gasteiger partial charge in [-0.25, -0.2) is 4.39 Å². The molecule has 0 amide bonds. The molecule has 1 aliphatic carbocycles. The van der Waals surface area contributed by atoms with Crippen molar-refractivity contribution in [3.8, 4) is 5.75 Å². The maximum atomic E-state index is 14.1. The Bertz CT molecular complexity index is 686. The lowest BCUT2D eigenvalue weighted by Gasteiger charge is -2.26. The van der Waals surface area contributed by atoms with Gasteiger partial charge in [0.1, 0.15) is 11.1 Å². The van der Waals surface area contributed by atoms with Crippen molar-refractivity contribution in [1.82, 2.24) is 0 Å². The van der Waals surface area contributed by atoms with E-state index in [-0.39, 0.29) is 16.8 Å². The minimum Gasteiger partial charge on any atom is -0.483 e. The van der Waals surface area contributed by atoms with Gasteiger partial charge in [0.25, 0.3) is 0 Å². The molecule has 4 heteroatoms. The quantitative estimate of drug-likeness (QED) is 0.873. The van der Waals surface area contributed by atoms with Crippen molar-refractivity contribution in [1.29, 1.82) is 0 Å². The van der Waals surface area contributed by atoms with E-state index in [0.29, 0.717) is 5.56 Å². The van der Waals surface area contributed by atoms with E-state index in [9.17, 15) is 4.39 Å². The Hall–Kier alpha value is -1.94. The number of benzene rings is 2. The van der Waals surface area contributed by atoms with E-state index in [1.807, 2.05) is 12.1 Å². The minimum atomic E-state index is -0.427. The number of hydrogen-bond donors (Lipinski definition) is 1. The van der Waals surface area contributed by atoms with Crippen LogP contribution in [0.25, 0.3) is 0 Å². The Labute approximate surface area is 128 Å². The van der Waals surface area contributed by atoms with Crippen molar-refractivity contribution < 1.29 is 9.13 Å². The molecule has 0 spiro atoms. The van der Waals surface area contributed by atoms with Crippen LogP contribution < -0.4 is 10.5 Å². The summed E-state index contributed by atoms with van der Waals surface area (Å²) >= 11 is 4.85. The molecule has 2 aromatic rings.